The highest BCUT2D eigenvalue weighted by Gasteiger charge is 2.43. The van der Waals surface area contributed by atoms with Crippen molar-refractivity contribution in [1.29, 1.82) is 0 Å². The summed E-state index contributed by atoms with van der Waals surface area (Å²) in [5.74, 6) is -1.97. The third-order valence-electron chi connectivity index (χ3n) is 3.37. The van der Waals surface area contributed by atoms with Gasteiger partial charge in [0.2, 0.25) is 5.91 Å². The lowest BCUT2D eigenvalue weighted by Crippen LogP contribution is -2.37. The third kappa shape index (κ3) is 5.16. The molecule has 2 nitrogen and oxygen atoms in total. The minimum atomic E-state index is -4.16. The quantitative estimate of drug-likeness (QED) is 0.605. The standard InChI is InChI=1S/C12H19BrF3NO/c13-6-1-2-7-17-11(18)9-4-3-5-10(8-9)12(14,15)16/h9-10H,1-8H2,(H,17,18). The molecule has 1 rings (SSSR count). The van der Waals surface area contributed by atoms with Crippen LogP contribution in [0.3, 0.4) is 0 Å². The van der Waals surface area contributed by atoms with E-state index in [4.69, 9.17) is 0 Å². The second-order valence-electron chi connectivity index (χ2n) is 4.79. The smallest absolute Gasteiger partial charge is 0.356 e. The highest BCUT2D eigenvalue weighted by molar-refractivity contribution is 9.09. The van der Waals surface area contributed by atoms with Gasteiger partial charge < -0.3 is 5.32 Å². The summed E-state index contributed by atoms with van der Waals surface area (Å²) in [6, 6.07) is 0. The maximum absolute atomic E-state index is 12.6. The molecule has 1 aliphatic carbocycles. The minimum absolute atomic E-state index is 0.0478. The topological polar surface area (TPSA) is 29.1 Å². The number of hydrogen-bond donors (Lipinski definition) is 1. The van der Waals surface area contributed by atoms with Gasteiger partial charge in [-0.05, 0) is 32.1 Å². The van der Waals surface area contributed by atoms with Crippen molar-refractivity contribution in [2.75, 3.05) is 11.9 Å². The van der Waals surface area contributed by atoms with Gasteiger partial charge in [0.1, 0.15) is 0 Å². The van der Waals surface area contributed by atoms with Crippen molar-refractivity contribution < 1.29 is 18.0 Å². The second-order valence-corrected chi connectivity index (χ2v) is 5.58. The van der Waals surface area contributed by atoms with Crippen LogP contribution in [0.15, 0.2) is 0 Å². The van der Waals surface area contributed by atoms with Crippen LogP contribution in [0.1, 0.15) is 38.5 Å². The molecule has 0 aliphatic heterocycles. The molecule has 0 bridgehead atoms. The number of carbonyl (C=O) groups excluding carboxylic acids is 1. The fourth-order valence-electron chi connectivity index (χ4n) is 2.30. The molecule has 1 fully saturated rings. The molecule has 2 unspecified atom stereocenters. The summed E-state index contributed by atoms with van der Waals surface area (Å²) in [6.07, 6.45) is -1.16. The van der Waals surface area contributed by atoms with Gasteiger partial charge >= 0.3 is 6.18 Å². The Bertz CT molecular complexity index is 271. The number of alkyl halides is 4. The van der Waals surface area contributed by atoms with Crippen molar-refractivity contribution in [3.8, 4) is 0 Å². The van der Waals surface area contributed by atoms with E-state index in [0.717, 1.165) is 18.2 Å². The van der Waals surface area contributed by atoms with Crippen LogP contribution in [0.5, 0.6) is 0 Å². The average Bonchev–Trinajstić information content (AvgIpc) is 2.33. The van der Waals surface area contributed by atoms with E-state index in [2.05, 4.69) is 21.2 Å². The SMILES string of the molecule is O=C(NCCCCBr)C1CCCC(C(F)(F)F)C1. The highest BCUT2D eigenvalue weighted by Crippen LogP contribution is 2.39. The van der Waals surface area contributed by atoms with Gasteiger partial charge in [0.15, 0.2) is 0 Å². The summed E-state index contributed by atoms with van der Waals surface area (Å²) in [5.41, 5.74) is 0. The summed E-state index contributed by atoms with van der Waals surface area (Å²) in [4.78, 5) is 11.7. The molecule has 18 heavy (non-hydrogen) atoms. The summed E-state index contributed by atoms with van der Waals surface area (Å²) in [5, 5.41) is 3.61. The van der Waals surface area contributed by atoms with E-state index in [9.17, 15) is 18.0 Å². The molecule has 1 aliphatic rings. The molecule has 0 radical (unpaired) electrons. The number of unbranched alkanes of at least 4 members (excludes halogenated alkanes) is 1. The number of rotatable bonds is 5. The first-order chi connectivity index (χ1) is 8.45. The zero-order chi connectivity index (χ0) is 13.6. The molecular formula is C12H19BrF3NO. The molecule has 1 saturated carbocycles. The van der Waals surface area contributed by atoms with Gasteiger partial charge in [-0.15, -0.1) is 0 Å². The predicted octanol–water partition coefficient (Wildman–Crippen LogP) is 3.65. The van der Waals surface area contributed by atoms with E-state index in [0.29, 0.717) is 19.4 Å². The Morgan fingerprint density at radius 3 is 2.61 bits per heavy atom. The van der Waals surface area contributed by atoms with Gasteiger partial charge in [-0.1, -0.05) is 22.4 Å². The number of hydrogen-bond acceptors (Lipinski definition) is 1. The molecular weight excluding hydrogens is 311 g/mol. The Kier molecular flexibility index (Phi) is 6.46. The molecule has 1 amide bonds. The van der Waals surface area contributed by atoms with E-state index >= 15 is 0 Å². The van der Waals surface area contributed by atoms with Crippen molar-refractivity contribution >= 4 is 21.8 Å². The van der Waals surface area contributed by atoms with Gasteiger partial charge in [0, 0.05) is 17.8 Å². The zero-order valence-corrected chi connectivity index (χ0v) is 11.8. The van der Waals surface area contributed by atoms with Gasteiger partial charge in [-0.3, -0.25) is 4.79 Å². The second kappa shape index (κ2) is 7.36. The minimum Gasteiger partial charge on any atom is -0.356 e. The van der Waals surface area contributed by atoms with Crippen LogP contribution in [0.4, 0.5) is 13.2 Å². The fraction of sp³-hybridized carbons (Fsp3) is 0.917. The Morgan fingerprint density at radius 2 is 2.00 bits per heavy atom. The normalized spacial score (nSPS) is 24.9. The summed E-state index contributed by atoms with van der Waals surface area (Å²) in [6.45, 7) is 0.553. The maximum Gasteiger partial charge on any atom is 0.391 e. The lowest BCUT2D eigenvalue weighted by molar-refractivity contribution is -0.186. The number of amides is 1. The first-order valence-corrected chi connectivity index (χ1v) is 7.47. The van der Waals surface area contributed by atoms with E-state index in [-0.39, 0.29) is 18.7 Å². The summed E-state index contributed by atoms with van der Waals surface area (Å²) >= 11 is 3.29. The molecule has 0 aromatic heterocycles. The van der Waals surface area contributed by atoms with Gasteiger partial charge in [0.25, 0.3) is 0 Å². The molecule has 106 valence electrons. The van der Waals surface area contributed by atoms with Gasteiger partial charge in [-0.2, -0.15) is 13.2 Å². The first kappa shape index (κ1) is 15.8. The van der Waals surface area contributed by atoms with Crippen LogP contribution in [-0.2, 0) is 4.79 Å². The molecule has 0 spiro atoms. The average molecular weight is 330 g/mol. The monoisotopic (exact) mass is 329 g/mol. The number of nitrogens with one attached hydrogen (secondary N) is 1. The lowest BCUT2D eigenvalue weighted by atomic mass is 9.80. The van der Waals surface area contributed by atoms with Crippen LogP contribution < -0.4 is 5.32 Å². The maximum atomic E-state index is 12.6. The van der Waals surface area contributed by atoms with Crippen LogP contribution in [0.2, 0.25) is 0 Å². The lowest BCUT2D eigenvalue weighted by Gasteiger charge is -2.29. The van der Waals surface area contributed by atoms with Crippen molar-refractivity contribution in [3.05, 3.63) is 0 Å². The third-order valence-corrected chi connectivity index (χ3v) is 3.93. The van der Waals surface area contributed by atoms with Crippen LogP contribution in [0, 0.1) is 11.8 Å². The van der Waals surface area contributed by atoms with Crippen molar-refractivity contribution in [1.82, 2.24) is 5.32 Å². The molecule has 0 saturated heterocycles. The molecule has 6 heteroatoms. The Hall–Kier alpha value is -0.260. The molecule has 0 aromatic carbocycles. The van der Waals surface area contributed by atoms with Crippen molar-refractivity contribution in [2.45, 2.75) is 44.7 Å². The predicted molar refractivity (Wildman–Crippen MR) is 67.5 cm³/mol. The van der Waals surface area contributed by atoms with E-state index in [1.54, 1.807) is 0 Å². The molecule has 0 aromatic rings. The Morgan fingerprint density at radius 1 is 1.28 bits per heavy atom. The molecule has 2 atom stereocenters. The van der Waals surface area contributed by atoms with E-state index < -0.39 is 18.0 Å². The summed E-state index contributed by atoms with van der Waals surface area (Å²) in [7, 11) is 0. The first-order valence-electron chi connectivity index (χ1n) is 6.35. The van der Waals surface area contributed by atoms with Crippen LogP contribution >= 0.6 is 15.9 Å². The summed E-state index contributed by atoms with van der Waals surface area (Å²) < 4.78 is 37.8. The number of carbonyl (C=O) groups is 1. The van der Waals surface area contributed by atoms with Crippen LogP contribution in [0.25, 0.3) is 0 Å². The van der Waals surface area contributed by atoms with E-state index in [1.807, 2.05) is 0 Å². The largest absolute Gasteiger partial charge is 0.391 e. The van der Waals surface area contributed by atoms with Crippen molar-refractivity contribution in [2.24, 2.45) is 11.8 Å². The Labute approximate surface area is 114 Å². The fourth-order valence-corrected chi connectivity index (χ4v) is 2.70. The van der Waals surface area contributed by atoms with E-state index in [1.165, 1.54) is 0 Å². The number of halogens is 4. The van der Waals surface area contributed by atoms with Crippen molar-refractivity contribution in [3.63, 3.8) is 0 Å². The zero-order valence-electron chi connectivity index (χ0n) is 10.2. The van der Waals surface area contributed by atoms with Gasteiger partial charge in [-0.25, -0.2) is 0 Å². The Balaban J connectivity index is 2.34. The molecule has 1 N–H and O–H groups in total. The molecule has 0 heterocycles. The van der Waals surface area contributed by atoms with Crippen LogP contribution in [-0.4, -0.2) is 24.0 Å². The van der Waals surface area contributed by atoms with Gasteiger partial charge in [0.05, 0.1) is 5.92 Å². The highest BCUT2D eigenvalue weighted by atomic mass is 79.9.